The molecule has 3 aromatic rings. The fraction of sp³-hybridized carbons (Fsp3) is 0.348. The second kappa shape index (κ2) is 7.97. The van der Waals surface area contributed by atoms with E-state index in [4.69, 9.17) is 9.47 Å². The lowest BCUT2D eigenvalue weighted by molar-refractivity contribution is 0.114. The van der Waals surface area contributed by atoms with Crippen LogP contribution in [0.5, 0.6) is 5.75 Å². The minimum atomic E-state index is -0.367. The SMILES string of the molecule is COc1ccccc1Cc1cn(C)c2ccc(NC(=O)OC3CCCC3)cc12. The zero-order chi connectivity index (χ0) is 19.5. The number of aromatic nitrogens is 1. The van der Waals surface area contributed by atoms with Crippen LogP contribution in [0.25, 0.3) is 10.9 Å². The van der Waals surface area contributed by atoms with Crippen LogP contribution >= 0.6 is 0 Å². The molecule has 4 rings (SSSR count). The van der Waals surface area contributed by atoms with Crippen LogP contribution in [0.15, 0.2) is 48.7 Å². The van der Waals surface area contributed by atoms with Gasteiger partial charge < -0.3 is 14.0 Å². The van der Waals surface area contributed by atoms with Gasteiger partial charge in [0.15, 0.2) is 0 Å². The first-order chi connectivity index (χ1) is 13.6. The molecule has 1 amide bonds. The van der Waals surface area contributed by atoms with E-state index in [0.29, 0.717) is 0 Å². The number of carbonyl (C=O) groups is 1. The van der Waals surface area contributed by atoms with Gasteiger partial charge in [0, 0.05) is 36.3 Å². The molecule has 5 nitrogen and oxygen atoms in total. The molecule has 5 heteroatoms. The van der Waals surface area contributed by atoms with Crippen LogP contribution in [0.4, 0.5) is 10.5 Å². The summed E-state index contributed by atoms with van der Waals surface area (Å²) in [5.41, 5.74) is 4.20. The number of anilines is 1. The molecule has 0 unspecified atom stereocenters. The molecular weight excluding hydrogens is 352 g/mol. The highest BCUT2D eigenvalue weighted by molar-refractivity contribution is 5.92. The zero-order valence-corrected chi connectivity index (χ0v) is 16.4. The quantitative estimate of drug-likeness (QED) is 0.658. The third-order valence-electron chi connectivity index (χ3n) is 5.47. The molecule has 1 aliphatic carbocycles. The Kier molecular flexibility index (Phi) is 5.24. The van der Waals surface area contributed by atoms with Crippen LogP contribution in [0.1, 0.15) is 36.8 Å². The van der Waals surface area contributed by atoms with Crippen LogP contribution in [0.2, 0.25) is 0 Å². The van der Waals surface area contributed by atoms with Gasteiger partial charge in [-0.3, -0.25) is 5.32 Å². The van der Waals surface area contributed by atoms with Crippen molar-refractivity contribution in [3.63, 3.8) is 0 Å². The van der Waals surface area contributed by atoms with Crippen molar-refractivity contribution in [3.05, 3.63) is 59.8 Å². The number of ether oxygens (including phenoxy) is 2. The average molecular weight is 378 g/mol. The summed E-state index contributed by atoms with van der Waals surface area (Å²) in [5.74, 6) is 0.883. The molecular formula is C23H26N2O3. The molecule has 146 valence electrons. The van der Waals surface area contributed by atoms with Crippen LogP contribution in [-0.4, -0.2) is 23.9 Å². The standard InChI is InChI=1S/C23H26N2O3/c1-25-15-17(13-16-7-3-6-10-22(16)27-2)20-14-18(11-12-21(20)25)24-23(26)28-19-8-4-5-9-19/h3,6-7,10-12,14-15,19H,4-5,8-9,13H2,1-2H3,(H,24,26). The van der Waals surface area contributed by atoms with Crippen molar-refractivity contribution in [3.8, 4) is 5.75 Å². The van der Waals surface area contributed by atoms with Crippen molar-refractivity contribution in [2.75, 3.05) is 12.4 Å². The maximum absolute atomic E-state index is 12.2. The van der Waals surface area contributed by atoms with E-state index in [9.17, 15) is 4.79 Å². The summed E-state index contributed by atoms with van der Waals surface area (Å²) in [6.45, 7) is 0. The lowest BCUT2D eigenvalue weighted by Gasteiger charge is -2.12. The normalized spacial score (nSPS) is 14.4. The summed E-state index contributed by atoms with van der Waals surface area (Å²) in [6.07, 6.45) is 6.80. The lowest BCUT2D eigenvalue weighted by atomic mass is 10.0. The van der Waals surface area contributed by atoms with Gasteiger partial charge in [0.1, 0.15) is 11.9 Å². The molecule has 28 heavy (non-hydrogen) atoms. The predicted octanol–water partition coefficient (Wildman–Crippen LogP) is 5.27. The lowest BCUT2D eigenvalue weighted by Crippen LogP contribution is -2.20. The Balaban J connectivity index is 1.57. The summed E-state index contributed by atoms with van der Waals surface area (Å²) in [7, 11) is 3.73. The van der Waals surface area contributed by atoms with Crippen LogP contribution in [0.3, 0.4) is 0 Å². The molecule has 0 saturated heterocycles. The van der Waals surface area contributed by atoms with Gasteiger partial charge in [-0.1, -0.05) is 18.2 Å². The van der Waals surface area contributed by atoms with Gasteiger partial charge in [0.25, 0.3) is 0 Å². The highest BCUT2D eigenvalue weighted by Gasteiger charge is 2.19. The second-order valence-electron chi connectivity index (χ2n) is 7.42. The van der Waals surface area contributed by atoms with Gasteiger partial charge in [0.05, 0.1) is 7.11 Å². The van der Waals surface area contributed by atoms with Gasteiger partial charge >= 0.3 is 6.09 Å². The summed E-state index contributed by atoms with van der Waals surface area (Å²) in [4.78, 5) is 12.2. The first-order valence-corrected chi connectivity index (χ1v) is 9.81. The Bertz CT molecular complexity index is 987. The van der Waals surface area contributed by atoms with Gasteiger partial charge in [0.2, 0.25) is 0 Å². The monoisotopic (exact) mass is 378 g/mol. The molecule has 2 aromatic carbocycles. The topological polar surface area (TPSA) is 52.5 Å². The molecule has 1 heterocycles. The van der Waals surface area contributed by atoms with Gasteiger partial charge in [-0.25, -0.2) is 4.79 Å². The Labute approximate surface area is 165 Å². The van der Waals surface area contributed by atoms with Crippen molar-refractivity contribution in [2.24, 2.45) is 7.05 Å². The van der Waals surface area contributed by atoms with Crippen LogP contribution in [-0.2, 0) is 18.2 Å². The van der Waals surface area contributed by atoms with Gasteiger partial charge in [-0.05, 0) is 61.1 Å². The molecule has 0 radical (unpaired) electrons. The number of methoxy groups -OCH3 is 1. The summed E-state index contributed by atoms with van der Waals surface area (Å²) >= 11 is 0. The third kappa shape index (κ3) is 3.84. The fourth-order valence-electron chi connectivity index (χ4n) is 4.05. The second-order valence-corrected chi connectivity index (χ2v) is 7.42. The number of benzene rings is 2. The molecule has 1 aromatic heterocycles. The fourth-order valence-corrected chi connectivity index (χ4v) is 4.05. The molecule has 0 spiro atoms. The first kappa shape index (κ1) is 18.4. The molecule has 0 bridgehead atoms. The number of hydrogen-bond donors (Lipinski definition) is 1. The van der Waals surface area contributed by atoms with E-state index in [1.54, 1.807) is 7.11 Å². The van der Waals surface area contributed by atoms with E-state index in [-0.39, 0.29) is 12.2 Å². The predicted molar refractivity (Wildman–Crippen MR) is 111 cm³/mol. The van der Waals surface area contributed by atoms with E-state index in [1.165, 1.54) is 5.56 Å². The number of nitrogens with one attached hydrogen (secondary N) is 1. The van der Waals surface area contributed by atoms with E-state index < -0.39 is 0 Å². The third-order valence-corrected chi connectivity index (χ3v) is 5.47. The number of fused-ring (bicyclic) bond motifs is 1. The van der Waals surface area contributed by atoms with Crippen LogP contribution < -0.4 is 10.1 Å². The average Bonchev–Trinajstić information content (AvgIpc) is 3.30. The minimum Gasteiger partial charge on any atom is -0.496 e. The van der Waals surface area contributed by atoms with Crippen molar-refractivity contribution >= 4 is 22.7 Å². The minimum absolute atomic E-state index is 0.0570. The molecule has 1 N–H and O–H groups in total. The van der Waals surface area contributed by atoms with E-state index in [1.807, 2.05) is 43.4 Å². The maximum Gasteiger partial charge on any atom is 0.411 e. The van der Waals surface area contributed by atoms with Crippen molar-refractivity contribution < 1.29 is 14.3 Å². The zero-order valence-electron chi connectivity index (χ0n) is 16.4. The molecule has 0 aliphatic heterocycles. The summed E-state index contributed by atoms with van der Waals surface area (Å²) in [5, 5.41) is 4.01. The highest BCUT2D eigenvalue weighted by Crippen LogP contribution is 2.29. The van der Waals surface area contributed by atoms with Crippen molar-refractivity contribution in [2.45, 2.75) is 38.2 Å². The van der Waals surface area contributed by atoms with Gasteiger partial charge in [-0.2, -0.15) is 0 Å². The number of amides is 1. The van der Waals surface area contributed by atoms with Crippen LogP contribution in [0, 0.1) is 0 Å². The number of aryl methyl sites for hydroxylation is 1. The molecule has 1 aliphatic rings. The largest absolute Gasteiger partial charge is 0.496 e. The van der Waals surface area contributed by atoms with Gasteiger partial charge in [-0.15, -0.1) is 0 Å². The Hall–Kier alpha value is -2.95. The molecule has 1 saturated carbocycles. The van der Waals surface area contributed by atoms with E-state index in [0.717, 1.165) is 60.0 Å². The highest BCUT2D eigenvalue weighted by atomic mass is 16.6. The summed E-state index contributed by atoms with van der Waals surface area (Å²) in [6, 6.07) is 14.0. The number of hydrogen-bond acceptors (Lipinski definition) is 3. The van der Waals surface area contributed by atoms with E-state index in [2.05, 4.69) is 22.1 Å². The summed E-state index contributed by atoms with van der Waals surface area (Å²) < 4.78 is 13.1. The van der Waals surface area contributed by atoms with Crippen molar-refractivity contribution in [1.82, 2.24) is 4.57 Å². The first-order valence-electron chi connectivity index (χ1n) is 9.81. The molecule has 1 fully saturated rings. The maximum atomic E-state index is 12.2. The number of rotatable bonds is 5. The molecule has 0 atom stereocenters. The van der Waals surface area contributed by atoms with Crippen molar-refractivity contribution in [1.29, 1.82) is 0 Å². The Morgan fingerprint density at radius 3 is 2.71 bits per heavy atom. The smallest absolute Gasteiger partial charge is 0.411 e. The number of nitrogens with zero attached hydrogens (tertiary/aromatic N) is 1. The Morgan fingerprint density at radius 1 is 1.14 bits per heavy atom. The van der Waals surface area contributed by atoms with E-state index >= 15 is 0 Å². The number of para-hydroxylation sites is 1. The number of carbonyl (C=O) groups excluding carboxylic acids is 1. The Morgan fingerprint density at radius 2 is 1.93 bits per heavy atom.